The highest BCUT2D eigenvalue weighted by molar-refractivity contribution is 7.93. The quantitative estimate of drug-likeness (QED) is 0.288. The van der Waals surface area contributed by atoms with Crippen LogP contribution in [-0.4, -0.2) is 57.1 Å². The third-order valence-electron chi connectivity index (χ3n) is 6.10. The van der Waals surface area contributed by atoms with Crippen molar-refractivity contribution < 1.29 is 27.4 Å². The van der Waals surface area contributed by atoms with Gasteiger partial charge in [0, 0.05) is 12.4 Å². The van der Waals surface area contributed by atoms with E-state index in [1.807, 2.05) is 6.07 Å². The lowest BCUT2D eigenvalue weighted by atomic mass is 10.2. The zero-order chi connectivity index (χ0) is 27.0. The fourth-order valence-corrected chi connectivity index (χ4v) is 5.11. The summed E-state index contributed by atoms with van der Waals surface area (Å²) < 4.78 is 49.5. The zero-order valence-electron chi connectivity index (χ0n) is 21.1. The predicted molar refractivity (Wildman–Crippen MR) is 139 cm³/mol. The number of methoxy groups -OCH3 is 2. The van der Waals surface area contributed by atoms with Crippen LogP contribution in [-0.2, 0) is 10.0 Å². The van der Waals surface area contributed by atoms with Gasteiger partial charge in [0.2, 0.25) is 21.8 Å². The second-order valence-electron chi connectivity index (χ2n) is 8.53. The van der Waals surface area contributed by atoms with Crippen LogP contribution >= 0.6 is 0 Å². The lowest BCUT2D eigenvalue weighted by Gasteiger charge is -2.20. The molecule has 0 bridgehead atoms. The van der Waals surface area contributed by atoms with Crippen molar-refractivity contribution in [3.05, 3.63) is 72.4 Å². The molecule has 0 aliphatic rings. The number of para-hydroxylation sites is 1. The Kier molecular flexibility index (Phi) is 6.55. The van der Waals surface area contributed by atoms with Crippen molar-refractivity contribution in [1.82, 2.24) is 24.1 Å². The van der Waals surface area contributed by atoms with E-state index in [1.54, 1.807) is 66.2 Å². The van der Waals surface area contributed by atoms with E-state index in [9.17, 15) is 13.5 Å². The lowest BCUT2D eigenvalue weighted by molar-refractivity contribution is 0.172. The smallest absolute Gasteiger partial charge is 0.243 e. The van der Waals surface area contributed by atoms with Gasteiger partial charge in [0.05, 0.1) is 19.9 Å². The number of aryl methyl sites for hydroxylation is 1. The van der Waals surface area contributed by atoms with Gasteiger partial charge in [0.1, 0.15) is 39.9 Å². The van der Waals surface area contributed by atoms with Gasteiger partial charge in [-0.3, -0.25) is 9.29 Å². The van der Waals surface area contributed by atoms with Gasteiger partial charge in [-0.15, -0.1) is 10.2 Å². The minimum Gasteiger partial charge on any atom is -0.494 e. The van der Waals surface area contributed by atoms with Crippen molar-refractivity contribution in [3.63, 3.8) is 0 Å². The molecule has 12 nitrogen and oxygen atoms in total. The number of hydrogen-bond acceptors (Lipinski definition) is 9. The van der Waals surface area contributed by atoms with E-state index in [4.69, 9.17) is 13.9 Å². The number of furan rings is 1. The number of aromatic nitrogens is 5. The second-order valence-corrected chi connectivity index (χ2v) is 10.6. The van der Waals surface area contributed by atoms with E-state index in [1.165, 1.54) is 25.7 Å². The van der Waals surface area contributed by atoms with E-state index in [-0.39, 0.29) is 17.5 Å². The molecule has 0 saturated heterocycles. The van der Waals surface area contributed by atoms with Crippen molar-refractivity contribution in [2.45, 2.75) is 25.2 Å². The van der Waals surface area contributed by atoms with Crippen LogP contribution in [0.4, 0.5) is 5.95 Å². The molecule has 0 fully saturated rings. The Balaban J connectivity index is 1.58. The maximum Gasteiger partial charge on any atom is 0.243 e. The molecule has 0 unspecified atom stereocenters. The van der Waals surface area contributed by atoms with Crippen LogP contribution in [0.1, 0.15) is 24.5 Å². The highest BCUT2D eigenvalue weighted by atomic mass is 32.2. The first-order valence-corrected chi connectivity index (χ1v) is 13.1. The van der Waals surface area contributed by atoms with Gasteiger partial charge in [-0.1, -0.05) is 12.1 Å². The van der Waals surface area contributed by atoms with Gasteiger partial charge in [-0.2, -0.15) is 0 Å². The number of ether oxygens (including phenoxy) is 2. The molecule has 0 amide bonds. The fourth-order valence-electron chi connectivity index (χ4n) is 4.06. The Morgan fingerprint density at radius 3 is 2.39 bits per heavy atom. The van der Waals surface area contributed by atoms with Crippen molar-refractivity contribution in [2.24, 2.45) is 0 Å². The summed E-state index contributed by atoms with van der Waals surface area (Å²) in [4.78, 5) is 4.35. The summed E-state index contributed by atoms with van der Waals surface area (Å²) in [5, 5.41) is 18.0. The molecule has 2 atom stereocenters. The van der Waals surface area contributed by atoms with Crippen LogP contribution in [0, 0.1) is 6.92 Å². The zero-order valence-corrected chi connectivity index (χ0v) is 21.9. The van der Waals surface area contributed by atoms with Crippen molar-refractivity contribution in [2.75, 3.05) is 18.9 Å². The Bertz CT molecular complexity index is 1650. The van der Waals surface area contributed by atoms with Gasteiger partial charge in [-0.05, 0) is 50.2 Å². The van der Waals surface area contributed by atoms with Crippen LogP contribution in [0.2, 0.25) is 0 Å². The average molecular weight is 539 g/mol. The number of benzene rings is 1. The Labute approximate surface area is 218 Å². The number of hydrogen-bond donors (Lipinski definition) is 2. The number of aliphatic hydroxyl groups excluding tert-OH is 1. The van der Waals surface area contributed by atoms with Crippen LogP contribution < -0.4 is 14.2 Å². The maximum absolute atomic E-state index is 13.5. The minimum atomic E-state index is -4.22. The highest BCUT2D eigenvalue weighted by Crippen LogP contribution is 2.38. The lowest BCUT2D eigenvalue weighted by Crippen LogP contribution is -2.32. The molecule has 5 aromatic rings. The van der Waals surface area contributed by atoms with Crippen molar-refractivity contribution in [1.29, 1.82) is 0 Å². The minimum absolute atomic E-state index is 0.147. The average Bonchev–Trinajstić information content (AvgIpc) is 3.65. The molecule has 0 saturated carbocycles. The molecule has 1 aromatic carbocycles. The number of rotatable bonds is 9. The maximum atomic E-state index is 13.5. The monoisotopic (exact) mass is 538 g/mol. The van der Waals surface area contributed by atoms with E-state index in [0.29, 0.717) is 34.4 Å². The molecule has 4 aromatic heterocycles. The van der Waals surface area contributed by atoms with Crippen molar-refractivity contribution in [3.8, 4) is 28.8 Å². The van der Waals surface area contributed by atoms with E-state index in [0.717, 1.165) is 0 Å². The van der Waals surface area contributed by atoms with E-state index < -0.39 is 21.4 Å². The van der Waals surface area contributed by atoms with Gasteiger partial charge in [-0.25, -0.2) is 13.4 Å². The third kappa shape index (κ3) is 4.46. The second kappa shape index (κ2) is 9.84. The number of sulfonamides is 1. The largest absolute Gasteiger partial charge is 0.494 e. The summed E-state index contributed by atoms with van der Waals surface area (Å²) in [5.74, 6) is 1.82. The van der Waals surface area contributed by atoms with Crippen molar-refractivity contribution >= 4 is 21.6 Å². The number of nitrogens with one attached hydrogen (secondary N) is 1. The molecular formula is C25H26N6O6S. The molecule has 0 aliphatic carbocycles. The SMILES string of the molecule is COc1cccc(OC)c1-n1c(NS(=O)(=O)[C@@H](C)[C@H](O)c2cn3ccccc3n2)nnc1-c1ccc(C)o1. The standard InChI is InChI=1S/C25H26N6O6S/c1-15-11-12-20(37-15)24-27-28-25(31(24)22-18(35-3)8-7-9-19(22)36-4)29-38(33,34)16(2)23(32)17-14-30-13-6-5-10-21(30)26-17/h5-14,16,23,32H,1-4H3,(H,28,29)/t16-,23-/m0/s1. The topological polar surface area (TPSA) is 146 Å². The first kappa shape index (κ1) is 25.3. The molecule has 4 heterocycles. The molecule has 0 radical (unpaired) electrons. The molecule has 0 aliphatic heterocycles. The Hall–Kier alpha value is -4.36. The van der Waals surface area contributed by atoms with E-state index >= 15 is 0 Å². The number of fused-ring (bicyclic) bond motifs is 1. The van der Waals surface area contributed by atoms with Gasteiger partial charge >= 0.3 is 0 Å². The summed E-state index contributed by atoms with van der Waals surface area (Å²) in [5.41, 5.74) is 1.16. The van der Waals surface area contributed by atoms with Crippen LogP contribution in [0.3, 0.4) is 0 Å². The first-order valence-electron chi connectivity index (χ1n) is 11.6. The first-order chi connectivity index (χ1) is 18.2. The van der Waals surface area contributed by atoms with Crippen LogP contribution in [0.25, 0.3) is 22.9 Å². The number of pyridine rings is 1. The van der Waals surface area contributed by atoms with E-state index in [2.05, 4.69) is 19.9 Å². The molecule has 198 valence electrons. The molecule has 13 heteroatoms. The molecular weight excluding hydrogens is 512 g/mol. The number of nitrogens with zero attached hydrogens (tertiary/aromatic N) is 5. The number of aliphatic hydroxyl groups is 1. The van der Waals surface area contributed by atoms with Gasteiger partial charge in [0.15, 0.2) is 5.76 Å². The summed E-state index contributed by atoms with van der Waals surface area (Å²) >= 11 is 0. The number of imidazole rings is 1. The fraction of sp³-hybridized carbons (Fsp3) is 0.240. The van der Waals surface area contributed by atoms with Crippen LogP contribution in [0.15, 0.2) is 65.3 Å². The third-order valence-corrected chi connectivity index (χ3v) is 7.81. The molecule has 38 heavy (non-hydrogen) atoms. The Morgan fingerprint density at radius 1 is 1.03 bits per heavy atom. The summed E-state index contributed by atoms with van der Waals surface area (Å²) in [7, 11) is -1.25. The molecule has 0 spiro atoms. The Morgan fingerprint density at radius 2 is 1.76 bits per heavy atom. The van der Waals surface area contributed by atoms with Gasteiger partial charge in [0.25, 0.3) is 0 Å². The molecule has 5 rings (SSSR count). The predicted octanol–water partition coefficient (Wildman–Crippen LogP) is 3.36. The number of anilines is 1. The van der Waals surface area contributed by atoms with Gasteiger partial charge < -0.3 is 23.4 Å². The molecule has 2 N–H and O–H groups in total. The normalized spacial score (nSPS) is 13.4. The summed E-state index contributed by atoms with van der Waals surface area (Å²) in [6, 6.07) is 14.0. The highest BCUT2D eigenvalue weighted by Gasteiger charge is 2.34. The van der Waals surface area contributed by atoms with Crippen LogP contribution in [0.5, 0.6) is 11.5 Å². The summed E-state index contributed by atoms with van der Waals surface area (Å²) in [6.07, 6.45) is 1.93. The summed E-state index contributed by atoms with van der Waals surface area (Å²) in [6.45, 7) is 3.16.